The van der Waals surface area contributed by atoms with Crippen LogP contribution in [0.15, 0.2) is 24.5 Å². The van der Waals surface area contributed by atoms with Crippen molar-refractivity contribution in [3.8, 4) is 0 Å². The lowest BCUT2D eigenvalue weighted by Gasteiger charge is -2.15. The maximum Gasteiger partial charge on any atom is 0.404 e. The first-order valence-electron chi connectivity index (χ1n) is 6.14. The number of carboxylic acid groups (broad SMARTS) is 1. The molecular formula is C13H18N2O2. The van der Waals surface area contributed by atoms with Crippen molar-refractivity contribution in [2.75, 3.05) is 0 Å². The first-order valence-corrected chi connectivity index (χ1v) is 6.14. The Morgan fingerprint density at radius 3 is 3.00 bits per heavy atom. The molecule has 1 aliphatic rings. The number of amides is 1. The number of aryl methyl sites for hydroxylation is 1. The summed E-state index contributed by atoms with van der Waals surface area (Å²) in [4.78, 5) is 14.7. The molecule has 1 aromatic rings. The molecule has 1 aliphatic carbocycles. The number of nitrogens with one attached hydrogen (secondary N) is 1. The molecular weight excluding hydrogens is 216 g/mol. The van der Waals surface area contributed by atoms with Gasteiger partial charge in [0.2, 0.25) is 0 Å². The molecule has 0 aliphatic heterocycles. The number of rotatable bonds is 6. The Balaban J connectivity index is 1.74. The fourth-order valence-electron chi connectivity index (χ4n) is 2.16. The van der Waals surface area contributed by atoms with Crippen LogP contribution in [0, 0.1) is 5.92 Å². The first-order chi connectivity index (χ1) is 8.25. The average Bonchev–Trinajstić information content (AvgIpc) is 3.12. The van der Waals surface area contributed by atoms with Crippen LogP contribution in [-0.4, -0.2) is 22.2 Å². The van der Waals surface area contributed by atoms with Gasteiger partial charge >= 0.3 is 6.09 Å². The van der Waals surface area contributed by atoms with Gasteiger partial charge in [0.15, 0.2) is 0 Å². The third-order valence-electron chi connectivity index (χ3n) is 3.20. The van der Waals surface area contributed by atoms with Gasteiger partial charge in [-0.05, 0) is 49.7 Å². The highest BCUT2D eigenvalue weighted by Crippen LogP contribution is 2.34. The van der Waals surface area contributed by atoms with E-state index in [9.17, 15) is 4.79 Å². The third-order valence-corrected chi connectivity index (χ3v) is 3.20. The average molecular weight is 234 g/mol. The lowest BCUT2D eigenvalue weighted by atomic mass is 10.0. The fraction of sp³-hybridized carbons (Fsp3) is 0.538. The van der Waals surface area contributed by atoms with E-state index in [1.54, 1.807) is 6.20 Å². The fourth-order valence-corrected chi connectivity index (χ4v) is 2.16. The largest absolute Gasteiger partial charge is 0.465 e. The van der Waals surface area contributed by atoms with Crippen LogP contribution in [-0.2, 0) is 6.42 Å². The van der Waals surface area contributed by atoms with Gasteiger partial charge in [-0.2, -0.15) is 0 Å². The molecule has 92 valence electrons. The summed E-state index contributed by atoms with van der Waals surface area (Å²) in [7, 11) is 0. The highest BCUT2D eigenvalue weighted by atomic mass is 16.4. The Hall–Kier alpha value is -1.58. The van der Waals surface area contributed by atoms with Crippen molar-refractivity contribution in [1.29, 1.82) is 0 Å². The van der Waals surface area contributed by atoms with E-state index in [0.29, 0.717) is 5.92 Å². The summed E-state index contributed by atoms with van der Waals surface area (Å²) >= 11 is 0. The molecule has 1 saturated carbocycles. The second-order valence-electron chi connectivity index (χ2n) is 4.65. The Labute approximate surface area is 101 Å². The topological polar surface area (TPSA) is 62.2 Å². The van der Waals surface area contributed by atoms with Crippen molar-refractivity contribution in [3.05, 3.63) is 30.1 Å². The van der Waals surface area contributed by atoms with Crippen LogP contribution in [0.3, 0.4) is 0 Å². The van der Waals surface area contributed by atoms with E-state index in [1.807, 2.05) is 12.3 Å². The minimum atomic E-state index is -0.900. The molecule has 1 aromatic heterocycles. The highest BCUT2D eigenvalue weighted by Gasteiger charge is 2.31. The summed E-state index contributed by atoms with van der Waals surface area (Å²) in [5.41, 5.74) is 1.22. The van der Waals surface area contributed by atoms with E-state index in [2.05, 4.69) is 16.4 Å². The van der Waals surface area contributed by atoms with Crippen LogP contribution < -0.4 is 5.32 Å². The number of hydrogen-bond donors (Lipinski definition) is 2. The molecule has 0 spiro atoms. The zero-order chi connectivity index (χ0) is 12.1. The second kappa shape index (κ2) is 5.66. The van der Waals surface area contributed by atoms with Crippen molar-refractivity contribution < 1.29 is 9.90 Å². The summed E-state index contributed by atoms with van der Waals surface area (Å²) in [5.74, 6) is 0.569. The van der Waals surface area contributed by atoms with Crippen LogP contribution in [0.1, 0.15) is 31.2 Å². The molecule has 0 aromatic carbocycles. The van der Waals surface area contributed by atoms with Crippen molar-refractivity contribution in [1.82, 2.24) is 10.3 Å². The second-order valence-corrected chi connectivity index (χ2v) is 4.65. The predicted molar refractivity (Wildman–Crippen MR) is 64.8 cm³/mol. The maximum atomic E-state index is 10.7. The molecule has 0 radical (unpaired) electrons. The third kappa shape index (κ3) is 4.06. The Kier molecular flexibility index (Phi) is 3.96. The van der Waals surface area contributed by atoms with Gasteiger partial charge in [-0.25, -0.2) is 4.79 Å². The van der Waals surface area contributed by atoms with Crippen molar-refractivity contribution >= 4 is 6.09 Å². The van der Waals surface area contributed by atoms with Crippen LogP contribution in [0.4, 0.5) is 4.79 Å². The standard InChI is InChI=1S/C13H18N2O2/c16-13(17)15-12(11-6-7-11)5-1-3-10-4-2-8-14-9-10/h2,4,8-9,11-12,15H,1,3,5-7H2,(H,16,17). The molecule has 4 heteroatoms. The number of pyridine rings is 1. The monoisotopic (exact) mass is 234 g/mol. The first kappa shape index (κ1) is 11.9. The Morgan fingerprint density at radius 2 is 2.41 bits per heavy atom. The summed E-state index contributed by atoms with van der Waals surface area (Å²) < 4.78 is 0. The maximum absolute atomic E-state index is 10.7. The highest BCUT2D eigenvalue weighted by molar-refractivity contribution is 5.64. The number of aromatic nitrogens is 1. The van der Waals surface area contributed by atoms with Crippen LogP contribution in [0.2, 0.25) is 0 Å². The zero-order valence-corrected chi connectivity index (χ0v) is 9.80. The Bertz CT molecular complexity index is 363. The minimum absolute atomic E-state index is 0.143. The van der Waals surface area contributed by atoms with Gasteiger partial charge in [-0.3, -0.25) is 4.98 Å². The number of nitrogens with zero attached hydrogens (tertiary/aromatic N) is 1. The normalized spacial score (nSPS) is 16.5. The summed E-state index contributed by atoms with van der Waals surface area (Å²) in [6.45, 7) is 0. The van der Waals surface area contributed by atoms with Gasteiger partial charge in [0.25, 0.3) is 0 Å². The van der Waals surface area contributed by atoms with E-state index >= 15 is 0 Å². The van der Waals surface area contributed by atoms with E-state index < -0.39 is 6.09 Å². The van der Waals surface area contributed by atoms with Crippen molar-refractivity contribution in [3.63, 3.8) is 0 Å². The summed E-state index contributed by atoms with van der Waals surface area (Å²) in [6, 6.07) is 4.14. The lowest BCUT2D eigenvalue weighted by molar-refractivity contribution is 0.187. The molecule has 1 atom stereocenters. The van der Waals surface area contributed by atoms with E-state index in [4.69, 9.17) is 5.11 Å². The van der Waals surface area contributed by atoms with Crippen molar-refractivity contribution in [2.45, 2.75) is 38.1 Å². The van der Waals surface area contributed by atoms with E-state index in [1.165, 1.54) is 5.56 Å². The quantitative estimate of drug-likeness (QED) is 0.794. The molecule has 17 heavy (non-hydrogen) atoms. The Morgan fingerprint density at radius 1 is 1.59 bits per heavy atom. The van der Waals surface area contributed by atoms with Gasteiger partial charge < -0.3 is 10.4 Å². The molecule has 1 fully saturated rings. The smallest absolute Gasteiger partial charge is 0.404 e. The van der Waals surface area contributed by atoms with Crippen molar-refractivity contribution in [2.24, 2.45) is 5.92 Å². The summed E-state index contributed by atoms with van der Waals surface area (Å²) in [5, 5.41) is 11.4. The zero-order valence-electron chi connectivity index (χ0n) is 9.80. The van der Waals surface area contributed by atoms with Gasteiger partial charge in [0.1, 0.15) is 0 Å². The van der Waals surface area contributed by atoms with Crippen LogP contribution in [0.25, 0.3) is 0 Å². The van der Waals surface area contributed by atoms with Gasteiger partial charge in [0, 0.05) is 18.4 Å². The van der Waals surface area contributed by atoms with Crippen LogP contribution >= 0.6 is 0 Å². The van der Waals surface area contributed by atoms with Crippen LogP contribution in [0.5, 0.6) is 0 Å². The van der Waals surface area contributed by atoms with Gasteiger partial charge in [-0.1, -0.05) is 6.07 Å². The van der Waals surface area contributed by atoms with Gasteiger partial charge in [-0.15, -0.1) is 0 Å². The van der Waals surface area contributed by atoms with E-state index in [0.717, 1.165) is 32.1 Å². The lowest BCUT2D eigenvalue weighted by Crippen LogP contribution is -2.35. The number of carbonyl (C=O) groups is 1. The predicted octanol–water partition coefficient (Wildman–Crippen LogP) is 2.45. The molecule has 2 rings (SSSR count). The molecule has 2 N–H and O–H groups in total. The summed E-state index contributed by atoms with van der Waals surface area (Å²) in [6.07, 6.45) is 7.97. The molecule has 1 heterocycles. The molecule has 1 unspecified atom stereocenters. The molecule has 4 nitrogen and oxygen atoms in total. The molecule has 0 bridgehead atoms. The minimum Gasteiger partial charge on any atom is -0.465 e. The molecule has 0 saturated heterocycles. The molecule has 1 amide bonds. The number of hydrogen-bond acceptors (Lipinski definition) is 2. The van der Waals surface area contributed by atoms with E-state index in [-0.39, 0.29) is 6.04 Å². The SMILES string of the molecule is O=C(O)NC(CCCc1cccnc1)C1CC1. The van der Waals surface area contributed by atoms with Gasteiger partial charge in [0.05, 0.1) is 0 Å².